The van der Waals surface area contributed by atoms with Gasteiger partial charge in [-0.15, -0.1) is 0 Å². The van der Waals surface area contributed by atoms with E-state index in [-0.39, 0.29) is 0 Å². The number of nitrogens with zero attached hydrogens (tertiary/aromatic N) is 1. The van der Waals surface area contributed by atoms with Crippen molar-refractivity contribution in [3.05, 3.63) is 12.4 Å². The summed E-state index contributed by atoms with van der Waals surface area (Å²) in [5, 5.41) is 0. The van der Waals surface area contributed by atoms with Crippen LogP contribution in [0.25, 0.3) is 0 Å². The average Bonchev–Trinajstić information content (AvgIpc) is 2.37. The molecule has 0 saturated carbocycles. The molecule has 1 heterocycles. The third-order valence-corrected chi connectivity index (χ3v) is 13.9. The maximum atomic E-state index is 5.69. The molecule has 63 valence electrons. The predicted molar refractivity (Wildman–Crippen MR) is 59.1 cm³/mol. The number of imidazole rings is 1. The first kappa shape index (κ1) is 10.2. The summed E-state index contributed by atoms with van der Waals surface area (Å²) in [5.74, 6) is 0. The van der Waals surface area contributed by atoms with Gasteiger partial charge in [0.1, 0.15) is 0 Å². The van der Waals surface area contributed by atoms with Crippen molar-refractivity contribution in [2.45, 2.75) is 9.74 Å². The fourth-order valence-electron chi connectivity index (χ4n) is 0.681. The van der Waals surface area contributed by atoms with Crippen molar-refractivity contribution in [2.24, 2.45) is 0 Å². The summed E-state index contributed by atoms with van der Waals surface area (Å²) in [6.07, 6.45) is 3.64. The summed E-state index contributed by atoms with van der Waals surface area (Å²) in [5.41, 5.74) is 0. The van der Waals surface area contributed by atoms with E-state index >= 15 is 0 Å². The SMILES string of the molecule is [CH3][Sb]([CH3])([O]PI)[c]1ncc[nH]1. The van der Waals surface area contributed by atoms with E-state index in [4.69, 9.17) is 2.80 Å². The maximum absolute atomic E-state index is 5.69. The van der Waals surface area contributed by atoms with Gasteiger partial charge in [-0.1, -0.05) is 0 Å². The van der Waals surface area contributed by atoms with Crippen molar-refractivity contribution < 1.29 is 2.80 Å². The molecule has 1 rings (SSSR count). The van der Waals surface area contributed by atoms with Gasteiger partial charge in [0.15, 0.2) is 0 Å². The summed E-state index contributed by atoms with van der Waals surface area (Å²) in [7, 11) is 0. The normalized spacial score (nSPS) is 13.0. The molecular weight excluding hydrogens is 384 g/mol. The second-order valence-corrected chi connectivity index (χ2v) is 14.6. The van der Waals surface area contributed by atoms with E-state index in [2.05, 4.69) is 41.7 Å². The van der Waals surface area contributed by atoms with Crippen molar-refractivity contribution in [3.8, 4) is 0 Å². The van der Waals surface area contributed by atoms with Gasteiger partial charge in [0.05, 0.1) is 0 Å². The van der Waals surface area contributed by atoms with Crippen LogP contribution in [-0.4, -0.2) is 29.2 Å². The Bertz CT molecular complexity index is 216. The molecule has 1 atom stereocenters. The zero-order chi connectivity index (χ0) is 8.32. The molecule has 0 fully saturated rings. The summed E-state index contributed by atoms with van der Waals surface area (Å²) in [6.45, 7) is 0.546. The molecule has 1 aromatic heterocycles. The molecule has 0 saturated heterocycles. The predicted octanol–water partition coefficient (Wildman–Crippen LogP) is 1.78. The number of nitrogens with one attached hydrogen (secondary N) is 1. The first-order chi connectivity index (χ1) is 5.17. The molecule has 3 nitrogen and oxygen atoms in total. The van der Waals surface area contributed by atoms with Crippen LogP contribution in [0, 0.1) is 0 Å². The average molecular weight is 394 g/mol. The van der Waals surface area contributed by atoms with Gasteiger partial charge in [-0.05, 0) is 0 Å². The van der Waals surface area contributed by atoms with Gasteiger partial charge in [-0.2, -0.15) is 0 Å². The van der Waals surface area contributed by atoms with E-state index in [9.17, 15) is 0 Å². The van der Waals surface area contributed by atoms with Crippen molar-refractivity contribution >= 4 is 51.5 Å². The van der Waals surface area contributed by atoms with Gasteiger partial charge in [0.2, 0.25) is 0 Å². The van der Waals surface area contributed by atoms with Gasteiger partial charge in [-0.3, -0.25) is 0 Å². The molecule has 1 N–H and O–H groups in total. The molecular formula is C5H10IN2OPSb. The van der Waals surface area contributed by atoms with Crippen LogP contribution in [0.5, 0.6) is 0 Å². The van der Waals surface area contributed by atoms with Gasteiger partial charge < -0.3 is 0 Å². The zero-order valence-corrected chi connectivity index (χ0v) is 12.0. The molecule has 6 heteroatoms. The van der Waals surface area contributed by atoms with E-state index in [1.165, 1.54) is 0 Å². The molecule has 0 aromatic carbocycles. The Morgan fingerprint density at radius 2 is 2.45 bits per heavy atom. The molecule has 0 bridgehead atoms. The fourth-order valence-corrected chi connectivity index (χ4v) is 15.2. The van der Waals surface area contributed by atoms with Crippen molar-refractivity contribution in [1.29, 1.82) is 0 Å². The summed E-state index contributed by atoms with van der Waals surface area (Å²) < 4.78 is 6.77. The molecule has 0 aliphatic heterocycles. The molecule has 1 unspecified atom stereocenters. The van der Waals surface area contributed by atoms with Crippen LogP contribution in [0.15, 0.2) is 12.4 Å². The van der Waals surface area contributed by atoms with Crippen LogP contribution in [0.3, 0.4) is 0 Å². The van der Waals surface area contributed by atoms with Crippen LogP contribution in [-0.2, 0) is 2.80 Å². The second-order valence-electron chi connectivity index (χ2n) is 2.43. The zero-order valence-electron chi connectivity index (χ0n) is 6.34. The van der Waals surface area contributed by atoms with Gasteiger partial charge >= 0.3 is 86.4 Å². The third-order valence-electron chi connectivity index (χ3n) is 1.26. The van der Waals surface area contributed by atoms with Crippen LogP contribution in [0.2, 0.25) is 9.74 Å². The minimum atomic E-state index is -2.31. The van der Waals surface area contributed by atoms with Crippen LogP contribution >= 0.6 is 28.5 Å². The fraction of sp³-hybridized carbons (Fsp3) is 0.400. The first-order valence-corrected chi connectivity index (χ1v) is 14.5. The first-order valence-electron chi connectivity index (χ1n) is 3.05. The number of rotatable bonds is 3. The summed E-state index contributed by atoms with van der Waals surface area (Å²) in [4.78, 5) is 11.7. The number of hydrogen-bond donors (Lipinski definition) is 1. The Balaban J connectivity index is 2.73. The molecule has 0 spiro atoms. The summed E-state index contributed by atoms with van der Waals surface area (Å²) >= 11 is -0.0538. The van der Waals surface area contributed by atoms with Gasteiger partial charge in [0.25, 0.3) is 0 Å². The summed E-state index contributed by atoms with van der Waals surface area (Å²) in [6, 6.07) is 0. The minimum absolute atomic E-state index is 0.546. The molecule has 0 aliphatic rings. The number of H-pyrrole nitrogens is 1. The molecule has 11 heavy (non-hydrogen) atoms. The van der Waals surface area contributed by atoms with E-state index < -0.39 is 19.2 Å². The van der Waals surface area contributed by atoms with Crippen LogP contribution in [0.4, 0.5) is 0 Å². The topological polar surface area (TPSA) is 37.9 Å². The second kappa shape index (κ2) is 4.40. The quantitative estimate of drug-likeness (QED) is 0.483. The number of halogens is 1. The molecule has 1 radical (unpaired) electrons. The third kappa shape index (κ3) is 2.83. The van der Waals surface area contributed by atoms with Crippen molar-refractivity contribution in [3.63, 3.8) is 0 Å². The van der Waals surface area contributed by atoms with E-state index in [1.807, 2.05) is 6.20 Å². The standard InChI is InChI=1S/C3H3N2.2CH3.HIOP.Sb/c1-2-5-3-4-1;;;1-3-2;/h1-2H,(H,4,5);2*1H3;3H;/q;;;-1;+1. The number of aromatic amines is 1. The Kier molecular flexibility index (Phi) is 4.09. The van der Waals surface area contributed by atoms with E-state index in [0.717, 1.165) is 3.77 Å². The monoisotopic (exact) mass is 393 g/mol. The molecule has 1 aromatic rings. The number of aromatic nitrogens is 2. The van der Waals surface area contributed by atoms with Crippen LogP contribution in [0.1, 0.15) is 0 Å². The van der Waals surface area contributed by atoms with Gasteiger partial charge in [0, 0.05) is 0 Å². The van der Waals surface area contributed by atoms with E-state index in [0.29, 0.717) is 6.45 Å². The van der Waals surface area contributed by atoms with E-state index in [1.54, 1.807) is 6.20 Å². The number of hydrogen-bond acceptors (Lipinski definition) is 2. The van der Waals surface area contributed by atoms with Gasteiger partial charge in [-0.25, -0.2) is 0 Å². The molecule has 0 aliphatic carbocycles. The Hall–Kier alpha value is 1.15. The Labute approximate surface area is 85.6 Å². The Morgan fingerprint density at radius 3 is 2.91 bits per heavy atom. The van der Waals surface area contributed by atoms with Crippen LogP contribution < -0.4 is 3.77 Å². The van der Waals surface area contributed by atoms with Crippen molar-refractivity contribution in [2.75, 3.05) is 0 Å². The molecule has 0 amide bonds. The van der Waals surface area contributed by atoms with Crippen molar-refractivity contribution in [1.82, 2.24) is 9.97 Å². The Morgan fingerprint density at radius 1 is 1.73 bits per heavy atom.